The van der Waals surface area contributed by atoms with Crippen LogP contribution in [-0.2, 0) is 0 Å². The summed E-state index contributed by atoms with van der Waals surface area (Å²) in [6.07, 6.45) is 4.93. The van der Waals surface area contributed by atoms with Crippen LogP contribution in [0.1, 0.15) is 29.8 Å². The molecule has 1 aliphatic heterocycles. The Bertz CT molecular complexity index is 608. The number of hydrogen-bond acceptors (Lipinski definition) is 4. The van der Waals surface area contributed by atoms with Gasteiger partial charge in [0, 0.05) is 12.6 Å². The van der Waals surface area contributed by atoms with Crippen molar-refractivity contribution < 1.29 is 4.79 Å². The van der Waals surface area contributed by atoms with Gasteiger partial charge in [-0.3, -0.25) is 9.78 Å². The SMILES string of the molecule is O=C(NCC[C@@H]1CCCN1)c1cnc2ccccc2n1. The van der Waals surface area contributed by atoms with Crippen molar-refractivity contribution in [3.05, 3.63) is 36.2 Å². The zero-order valence-corrected chi connectivity index (χ0v) is 11.3. The lowest BCUT2D eigenvalue weighted by Gasteiger charge is -2.10. The van der Waals surface area contributed by atoms with Gasteiger partial charge in [0.1, 0.15) is 5.69 Å². The summed E-state index contributed by atoms with van der Waals surface area (Å²) in [7, 11) is 0. The third kappa shape index (κ3) is 2.93. The normalized spacial score (nSPS) is 18.3. The molecule has 0 aliphatic carbocycles. The Morgan fingerprint density at radius 1 is 1.35 bits per heavy atom. The number of rotatable bonds is 4. The lowest BCUT2D eigenvalue weighted by atomic mass is 10.1. The molecule has 2 heterocycles. The van der Waals surface area contributed by atoms with Gasteiger partial charge < -0.3 is 10.6 Å². The van der Waals surface area contributed by atoms with Gasteiger partial charge in [-0.2, -0.15) is 0 Å². The monoisotopic (exact) mass is 270 g/mol. The van der Waals surface area contributed by atoms with E-state index < -0.39 is 0 Å². The summed E-state index contributed by atoms with van der Waals surface area (Å²) in [6, 6.07) is 8.09. The van der Waals surface area contributed by atoms with Crippen LogP contribution in [0.4, 0.5) is 0 Å². The first-order valence-electron chi connectivity index (χ1n) is 7.06. The summed E-state index contributed by atoms with van der Waals surface area (Å²) >= 11 is 0. The van der Waals surface area contributed by atoms with Gasteiger partial charge in [-0.1, -0.05) is 12.1 Å². The molecule has 2 aromatic rings. The maximum Gasteiger partial charge on any atom is 0.271 e. The Hall–Kier alpha value is -2.01. The molecule has 0 unspecified atom stereocenters. The second-order valence-corrected chi connectivity index (χ2v) is 5.08. The van der Waals surface area contributed by atoms with Crippen LogP contribution in [0.2, 0.25) is 0 Å². The summed E-state index contributed by atoms with van der Waals surface area (Å²) < 4.78 is 0. The zero-order valence-electron chi connectivity index (χ0n) is 11.3. The lowest BCUT2D eigenvalue weighted by Crippen LogP contribution is -2.31. The van der Waals surface area contributed by atoms with E-state index in [-0.39, 0.29) is 5.91 Å². The van der Waals surface area contributed by atoms with Crippen LogP contribution in [0.25, 0.3) is 11.0 Å². The van der Waals surface area contributed by atoms with Gasteiger partial charge in [0.15, 0.2) is 0 Å². The number of fused-ring (bicyclic) bond motifs is 1. The molecule has 0 saturated carbocycles. The Kier molecular flexibility index (Phi) is 3.87. The van der Waals surface area contributed by atoms with E-state index in [2.05, 4.69) is 20.6 Å². The van der Waals surface area contributed by atoms with E-state index in [0.29, 0.717) is 18.3 Å². The molecule has 0 spiro atoms. The topological polar surface area (TPSA) is 66.9 Å². The van der Waals surface area contributed by atoms with E-state index in [1.54, 1.807) is 0 Å². The Labute approximate surface area is 117 Å². The molecule has 1 aliphatic rings. The van der Waals surface area contributed by atoms with Gasteiger partial charge in [-0.05, 0) is 37.9 Å². The molecular weight excluding hydrogens is 252 g/mol. The van der Waals surface area contributed by atoms with Crippen molar-refractivity contribution >= 4 is 16.9 Å². The van der Waals surface area contributed by atoms with Crippen LogP contribution >= 0.6 is 0 Å². The number of nitrogens with one attached hydrogen (secondary N) is 2. The van der Waals surface area contributed by atoms with Crippen molar-refractivity contribution in [3.63, 3.8) is 0 Å². The Morgan fingerprint density at radius 3 is 3.00 bits per heavy atom. The molecule has 3 rings (SSSR count). The molecule has 1 aromatic carbocycles. The van der Waals surface area contributed by atoms with Crippen LogP contribution < -0.4 is 10.6 Å². The van der Waals surface area contributed by atoms with Gasteiger partial charge in [0.25, 0.3) is 5.91 Å². The number of hydrogen-bond donors (Lipinski definition) is 2. The molecule has 0 bridgehead atoms. The smallest absolute Gasteiger partial charge is 0.271 e. The minimum absolute atomic E-state index is 0.152. The van der Waals surface area contributed by atoms with Crippen LogP contribution in [0.15, 0.2) is 30.5 Å². The minimum atomic E-state index is -0.152. The van der Waals surface area contributed by atoms with Gasteiger partial charge in [0.05, 0.1) is 17.2 Å². The van der Waals surface area contributed by atoms with Crippen LogP contribution in [-0.4, -0.2) is 35.0 Å². The van der Waals surface area contributed by atoms with Crippen molar-refractivity contribution in [1.29, 1.82) is 0 Å². The molecule has 104 valence electrons. The highest BCUT2D eigenvalue weighted by atomic mass is 16.1. The highest BCUT2D eigenvalue weighted by molar-refractivity contribution is 5.93. The van der Waals surface area contributed by atoms with E-state index in [9.17, 15) is 4.79 Å². The summed E-state index contributed by atoms with van der Waals surface area (Å²) in [4.78, 5) is 20.6. The number of carbonyl (C=O) groups excluding carboxylic acids is 1. The van der Waals surface area contributed by atoms with Crippen molar-refractivity contribution in [2.24, 2.45) is 0 Å². The first-order chi connectivity index (χ1) is 9.83. The molecule has 1 atom stereocenters. The maximum atomic E-state index is 12.0. The standard InChI is InChI=1S/C15H18N4O/c20-15(17-9-7-11-4-3-8-16-11)14-10-18-12-5-1-2-6-13(12)19-14/h1-2,5-6,10-11,16H,3-4,7-9H2,(H,17,20)/t11-/m0/s1. The fourth-order valence-electron chi connectivity index (χ4n) is 2.52. The number of nitrogens with zero attached hydrogens (tertiary/aromatic N) is 2. The number of benzene rings is 1. The maximum absolute atomic E-state index is 12.0. The number of para-hydroxylation sites is 2. The summed E-state index contributed by atoms with van der Waals surface area (Å²) in [5.74, 6) is -0.152. The summed E-state index contributed by atoms with van der Waals surface area (Å²) in [6.45, 7) is 1.76. The minimum Gasteiger partial charge on any atom is -0.351 e. The predicted octanol–water partition coefficient (Wildman–Crippen LogP) is 1.50. The molecule has 1 fully saturated rings. The lowest BCUT2D eigenvalue weighted by molar-refractivity contribution is 0.0947. The van der Waals surface area contributed by atoms with Gasteiger partial charge >= 0.3 is 0 Å². The fraction of sp³-hybridized carbons (Fsp3) is 0.400. The second-order valence-electron chi connectivity index (χ2n) is 5.08. The van der Waals surface area contributed by atoms with Crippen molar-refractivity contribution in [2.45, 2.75) is 25.3 Å². The predicted molar refractivity (Wildman–Crippen MR) is 77.5 cm³/mol. The zero-order chi connectivity index (χ0) is 13.8. The molecule has 2 N–H and O–H groups in total. The largest absolute Gasteiger partial charge is 0.351 e. The highest BCUT2D eigenvalue weighted by Gasteiger charge is 2.14. The summed E-state index contributed by atoms with van der Waals surface area (Å²) in [5.41, 5.74) is 1.93. The van der Waals surface area contributed by atoms with Crippen molar-refractivity contribution in [1.82, 2.24) is 20.6 Å². The van der Waals surface area contributed by atoms with Crippen LogP contribution in [0.3, 0.4) is 0 Å². The molecule has 20 heavy (non-hydrogen) atoms. The van der Waals surface area contributed by atoms with Gasteiger partial charge in [0.2, 0.25) is 0 Å². The molecule has 1 aromatic heterocycles. The van der Waals surface area contributed by atoms with E-state index >= 15 is 0 Å². The van der Waals surface area contributed by atoms with E-state index in [1.807, 2.05) is 24.3 Å². The average molecular weight is 270 g/mol. The summed E-state index contributed by atoms with van der Waals surface area (Å²) in [5, 5.41) is 6.32. The first kappa shape index (κ1) is 13.0. The Morgan fingerprint density at radius 2 is 2.20 bits per heavy atom. The average Bonchev–Trinajstić information content (AvgIpc) is 3.00. The molecule has 5 nitrogen and oxygen atoms in total. The van der Waals surface area contributed by atoms with E-state index in [0.717, 1.165) is 24.0 Å². The number of carbonyl (C=O) groups is 1. The third-order valence-electron chi connectivity index (χ3n) is 3.62. The highest BCUT2D eigenvalue weighted by Crippen LogP contribution is 2.09. The second kappa shape index (κ2) is 5.96. The van der Waals surface area contributed by atoms with Crippen LogP contribution in [0.5, 0.6) is 0 Å². The number of amides is 1. The van der Waals surface area contributed by atoms with E-state index in [4.69, 9.17) is 0 Å². The molecular formula is C15H18N4O. The van der Waals surface area contributed by atoms with Crippen molar-refractivity contribution in [2.75, 3.05) is 13.1 Å². The first-order valence-corrected chi connectivity index (χ1v) is 7.06. The quantitative estimate of drug-likeness (QED) is 0.883. The number of aromatic nitrogens is 2. The van der Waals surface area contributed by atoms with E-state index in [1.165, 1.54) is 19.0 Å². The molecule has 0 radical (unpaired) electrons. The van der Waals surface area contributed by atoms with Gasteiger partial charge in [-0.25, -0.2) is 4.98 Å². The van der Waals surface area contributed by atoms with Crippen LogP contribution in [0, 0.1) is 0 Å². The fourth-order valence-corrected chi connectivity index (χ4v) is 2.52. The third-order valence-corrected chi connectivity index (χ3v) is 3.62. The Balaban J connectivity index is 1.60. The van der Waals surface area contributed by atoms with Gasteiger partial charge in [-0.15, -0.1) is 0 Å². The molecule has 1 amide bonds. The van der Waals surface area contributed by atoms with Crippen molar-refractivity contribution in [3.8, 4) is 0 Å². The molecule has 1 saturated heterocycles. The molecule has 5 heteroatoms.